The van der Waals surface area contributed by atoms with Crippen LogP contribution in [-0.2, 0) is 10.1 Å². The van der Waals surface area contributed by atoms with Crippen LogP contribution in [-0.4, -0.2) is 19.8 Å². The molecule has 0 aliphatic heterocycles. The second-order valence-corrected chi connectivity index (χ2v) is 5.20. The molecule has 1 aromatic rings. The molecule has 0 N–H and O–H groups in total. The SMILES string of the molecule is COCC(C)Oc1c(C)cc(Br)cc1CBr. The van der Waals surface area contributed by atoms with Crippen molar-refractivity contribution in [3.8, 4) is 5.75 Å². The topological polar surface area (TPSA) is 18.5 Å². The third kappa shape index (κ3) is 3.75. The molecule has 0 fully saturated rings. The van der Waals surface area contributed by atoms with E-state index < -0.39 is 0 Å². The van der Waals surface area contributed by atoms with Gasteiger partial charge >= 0.3 is 0 Å². The number of ether oxygens (including phenoxy) is 2. The Morgan fingerprint density at radius 1 is 1.38 bits per heavy atom. The maximum atomic E-state index is 5.89. The zero-order chi connectivity index (χ0) is 12.1. The van der Waals surface area contributed by atoms with Gasteiger partial charge in [0.2, 0.25) is 0 Å². The summed E-state index contributed by atoms with van der Waals surface area (Å²) in [5.74, 6) is 0.949. The van der Waals surface area contributed by atoms with E-state index in [1.54, 1.807) is 7.11 Å². The van der Waals surface area contributed by atoms with Crippen molar-refractivity contribution >= 4 is 31.9 Å². The van der Waals surface area contributed by atoms with Crippen LogP contribution in [0.5, 0.6) is 5.75 Å². The third-order valence-electron chi connectivity index (χ3n) is 2.18. The number of halogens is 2. The molecule has 1 rings (SSSR count). The fraction of sp³-hybridized carbons (Fsp3) is 0.500. The molecule has 0 saturated carbocycles. The molecule has 0 bridgehead atoms. The Hall–Kier alpha value is -0.0600. The fourth-order valence-electron chi connectivity index (χ4n) is 1.54. The number of alkyl halides is 1. The van der Waals surface area contributed by atoms with Crippen LogP contribution in [0.1, 0.15) is 18.1 Å². The standard InChI is InChI=1S/C12H16Br2O2/c1-8-4-11(14)5-10(6-13)12(8)16-9(2)7-15-3/h4-5,9H,6-7H2,1-3H3. The Morgan fingerprint density at radius 2 is 2.06 bits per heavy atom. The molecule has 2 nitrogen and oxygen atoms in total. The summed E-state index contributed by atoms with van der Waals surface area (Å²) in [5.41, 5.74) is 2.28. The monoisotopic (exact) mass is 350 g/mol. The number of hydrogen-bond acceptors (Lipinski definition) is 2. The predicted molar refractivity (Wildman–Crippen MR) is 73.5 cm³/mol. The predicted octanol–water partition coefficient (Wildman–Crippen LogP) is 4.07. The first-order valence-corrected chi connectivity index (χ1v) is 7.00. The van der Waals surface area contributed by atoms with Crippen molar-refractivity contribution in [3.63, 3.8) is 0 Å². The van der Waals surface area contributed by atoms with E-state index in [0.717, 1.165) is 26.7 Å². The van der Waals surface area contributed by atoms with Gasteiger partial charge < -0.3 is 9.47 Å². The molecule has 0 aliphatic rings. The van der Waals surface area contributed by atoms with Crippen molar-refractivity contribution in [3.05, 3.63) is 27.7 Å². The molecule has 0 radical (unpaired) electrons. The number of benzene rings is 1. The first kappa shape index (κ1) is 14.0. The van der Waals surface area contributed by atoms with E-state index in [2.05, 4.69) is 44.0 Å². The maximum absolute atomic E-state index is 5.89. The van der Waals surface area contributed by atoms with E-state index >= 15 is 0 Å². The summed E-state index contributed by atoms with van der Waals surface area (Å²) < 4.78 is 12.0. The van der Waals surface area contributed by atoms with Crippen molar-refractivity contribution < 1.29 is 9.47 Å². The van der Waals surface area contributed by atoms with E-state index in [-0.39, 0.29) is 6.10 Å². The largest absolute Gasteiger partial charge is 0.488 e. The second-order valence-electron chi connectivity index (χ2n) is 3.73. The van der Waals surface area contributed by atoms with Crippen LogP contribution >= 0.6 is 31.9 Å². The van der Waals surface area contributed by atoms with Gasteiger partial charge in [-0.25, -0.2) is 0 Å². The highest BCUT2D eigenvalue weighted by atomic mass is 79.9. The molecule has 0 heterocycles. The average molecular weight is 352 g/mol. The van der Waals surface area contributed by atoms with Gasteiger partial charge in [0.1, 0.15) is 11.9 Å². The summed E-state index contributed by atoms with van der Waals surface area (Å²) in [6.07, 6.45) is 0.0580. The minimum Gasteiger partial charge on any atom is -0.488 e. The van der Waals surface area contributed by atoms with Crippen molar-refractivity contribution in [2.45, 2.75) is 25.3 Å². The molecule has 1 unspecified atom stereocenters. The van der Waals surface area contributed by atoms with Gasteiger partial charge in [-0.15, -0.1) is 0 Å². The van der Waals surface area contributed by atoms with Crippen LogP contribution in [0.4, 0.5) is 0 Å². The molecule has 4 heteroatoms. The lowest BCUT2D eigenvalue weighted by Gasteiger charge is -2.18. The normalized spacial score (nSPS) is 12.6. The molecular formula is C12H16Br2O2. The fourth-order valence-corrected chi connectivity index (χ4v) is 2.57. The Labute approximate surface area is 114 Å². The maximum Gasteiger partial charge on any atom is 0.126 e. The summed E-state index contributed by atoms with van der Waals surface area (Å²) in [7, 11) is 1.68. The highest BCUT2D eigenvalue weighted by Gasteiger charge is 2.11. The average Bonchev–Trinajstić information content (AvgIpc) is 2.22. The first-order chi connectivity index (χ1) is 7.58. The van der Waals surface area contributed by atoms with Crippen molar-refractivity contribution in [1.29, 1.82) is 0 Å². The van der Waals surface area contributed by atoms with E-state index in [9.17, 15) is 0 Å². The van der Waals surface area contributed by atoms with Gasteiger partial charge in [0, 0.05) is 22.5 Å². The lowest BCUT2D eigenvalue weighted by molar-refractivity contribution is 0.0911. The lowest BCUT2D eigenvalue weighted by Crippen LogP contribution is -2.19. The van der Waals surface area contributed by atoms with Gasteiger partial charge in [-0.2, -0.15) is 0 Å². The van der Waals surface area contributed by atoms with Crippen molar-refractivity contribution in [2.75, 3.05) is 13.7 Å². The van der Waals surface area contributed by atoms with Crippen molar-refractivity contribution in [2.24, 2.45) is 0 Å². The minimum atomic E-state index is 0.0580. The van der Waals surface area contributed by atoms with E-state index in [0.29, 0.717) is 6.61 Å². The first-order valence-electron chi connectivity index (χ1n) is 5.09. The highest BCUT2D eigenvalue weighted by Crippen LogP contribution is 2.30. The molecule has 1 atom stereocenters. The number of methoxy groups -OCH3 is 1. The van der Waals surface area contributed by atoms with E-state index in [1.807, 2.05) is 13.8 Å². The molecule has 0 saturated heterocycles. The van der Waals surface area contributed by atoms with Crippen LogP contribution in [0, 0.1) is 6.92 Å². The summed E-state index contributed by atoms with van der Waals surface area (Å²) in [6, 6.07) is 4.12. The van der Waals surface area contributed by atoms with Gasteiger partial charge in [0.05, 0.1) is 6.61 Å². The molecule has 0 aromatic heterocycles. The van der Waals surface area contributed by atoms with Gasteiger partial charge in [0.25, 0.3) is 0 Å². The number of aryl methyl sites for hydroxylation is 1. The second kappa shape index (κ2) is 6.62. The molecule has 1 aromatic carbocycles. The van der Waals surface area contributed by atoms with E-state index in [1.165, 1.54) is 0 Å². The zero-order valence-corrected chi connectivity index (χ0v) is 12.9. The van der Waals surface area contributed by atoms with Gasteiger partial charge in [-0.05, 0) is 31.5 Å². The Morgan fingerprint density at radius 3 is 2.62 bits per heavy atom. The number of rotatable bonds is 5. The Bertz CT molecular complexity index is 353. The third-order valence-corrected chi connectivity index (χ3v) is 3.24. The zero-order valence-electron chi connectivity index (χ0n) is 9.72. The van der Waals surface area contributed by atoms with Gasteiger partial charge in [-0.1, -0.05) is 31.9 Å². The minimum absolute atomic E-state index is 0.0580. The molecule has 0 spiro atoms. The van der Waals surface area contributed by atoms with Crippen LogP contribution in [0.3, 0.4) is 0 Å². The summed E-state index contributed by atoms with van der Waals surface area (Å²) in [5, 5.41) is 0.780. The quantitative estimate of drug-likeness (QED) is 0.744. The van der Waals surface area contributed by atoms with Crippen LogP contribution < -0.4 is 4.74 Å². The van der Waals surface area contributed by atoms with E-state index in [4.69, 9.17) is 9.47 Å². The lowest BCUT2D eigenvalue weighted by atomic mass is 10.1. The highest BCUT2D eigenvalue weighted by molar-refractivity contribution is 9.10. The molecule has 90 valence electrons. The summed E-state index contributed by atoms with van der Waals surface area (Å²) >= 11 is 6.96. The summed E-state index contributed by atoms with van der Waals surface area (Å²) in [6.45, 7) is 4.64. The Balaban J connectivity index is 2.93. The van der Waals surface area contributed by atoms with Gasteiger partial charge in [0.15, 0.2) is 0 Å². The van der Waals surface area contributed by atoms with Crippen LogP contribution in [0.25, 0.3) is 0 Å². The number of hydrogen-bond donors (Lipinski definition) is 0. The molecule has 0 aliphatic carbocycles. The Kier molecular flexibility index (Phi) is 5.79. The van der Waals surface area contributed by atoms with Crippen LogP contribution in [0.15, 0.2) is 16.6 Å². The smallest absolute Gasteiger partial charge is 0.126 e. The molecule has 0 amide bonds. The molecule has 16 heavy (non-hydrogen) atoms. The van der Waals surface area contributed by atoms with Crippen LogP contribution in [0.2, 0.25) is 0 Å². The van der Waals surface area contributed by atoms with Crippen molar-refractivity contribution in [1.82, 2.24) is 0 Å². The van der Waals surface area contributed by atoms with Gasteiger partial charge in [-0.3, -0.25) is 0 Å². The summed E-state index contributed by atoms with van der Waals surface area (Å²) in [4.78, 5) is 0. The molecular weight excluding hydrogens is 336 g/mol.